The molecule has 2 aliphatic heterocycles. The second kappa shape index (κ2) is 6.67. The van der Waals surface area contributed by atoms with Crippen LogP contribution in [0.4, 0.5) is 4.79 Å². The van der Waals surface area contributed by atoms with Crippen molar-refractivity contribution in [3.63, 3.8) is 0 Å². The van der Waals surface area contributed by atoms with Gasteiger partial charge in [0.1, 0.15) is 6.04 Å². The number of hydrogen-bond donors (Lipinski definition) is 0. The Kier molecular flexibility index (Phi) is 4.80. The SMILES string of the molecule is COCCN1C[C@H]2CN(CC3CC3)C(=O)N2[C@@H](CC(C)C)C1=O. The zero-order valence-corrected chi connectivity index (χ0v) is 14.5. The van der Waals surface area contributed by atoms with E-state index in [9.17, 15) is 9.59 Å². The maximum absolute atomic E-state index is 12.9. The molecule has 0 aromatic carbocycles. The van der Waals surface area contributed by atoms with E-state index in [4.69, 9.17) is 4.74 Å². The average molecular weight is 323 g/mol. The fourth-order valence-corrected chi connectivity index (χ4v) is 3.78. The van der Waals surface area contributed by atoms with Crippen LogP contribution in [0.15, 0.2) is 0 Å². The Morgan fingerprint density at radius 1 is 1.17 bits per heavy atom. The van der Waals surface area contributed by atoms with Crippen molar-refractivity contribution in [1.82, 2.24) is 14.7 Å². The fraction of sp³-hybridized carbons (Fsp3) is 0.882. The second-order valence-electron chi connectivity index (χ2n) is 7.61. The largest absolute Gasteiger partial charge is 0.383 e. The molecule has 130 valence electrons. The summed E-state index contributed by atoms with van der Waals surface area (Å²) in [4.78, 5) is 31.4. The van der Waals surface area contributed by atoms with Gasteiger partial charge in [-0.05, 0) is 31.1 Å². The normalized spacial score (nSPS) is 28.1. The minimum atomic E-state index is -0.303. The minimum Gasteiger partial charge on any atom is -0.383 e. The lowest BCUT2D eigenvalue weighted by molar-refractivity contribution is -0.143. The lowest BCUT2D eigenvalue weighted by Gasteiger charge is -2.42. The van der Waals surface area contributed by atoms with Crippen molar-refractivity contribution >= 4 is 11.9 Å². The van der Waals surface area contributed by atoms with Gasteiger partial charge in [0.2, 0.25) is 5.91 Å². The van der Waals surface area contributed by atoms with Gasteiger partial charge >= 0.3 is 6.03 Å². The molecule has 6 heteroatoms. The van der Waals surface area contributed by atoms with E-state index in [0.717, 1.165) is 19.5 Å². The number of methoxy groups -OCH3 is 1. The number of fused-ring (bicyclic) bond motifs is 1. The smallest absolute Gasteiger partial charge is 0.321 e. The van der Waals surface area contributed by atoms with E-state index in [0.29, 0.717) is 31.5 Å². The zero-order chi connectivity index (χ0) is 16.6. The van der Waals surface area contributed by atoms with E-state index >= 15 is 0 Å². The molecule has 3 amide bonds. The third-order valence-electron chi connectivity index (χ3n) is 5.12. The van der Waals surface area contributed by atoms with E-state index in [1.165, 1.54) is 12.8 Å². The molecule has 3 aliphatic rings. The van der Waals surface area contributed by atoms with Crippen LogP contribution in [0.1, 0.15) is 33.1 Å². The van der Waals surface area contributed by atoms with Gasteiger partial charge in [0.05, 0.1) is 12.6 Å². The summed E-state index contributed by atoms with van der Waals surface area (Å²) >= 11 is 0. The summed E-state index contributed by atoms with van der Waals surface area (Å²) < 4.78 is 5.14. The molecular formula is C17H29N3O3. The Balaban J connectivity index is 1.75. The summed E-state index contributed by atoms with van der Waals surface area (Å²) in [6, 6.07) is -0.0887. The number of amides is 3. The Morgan fingerprint density at radius 2 is 1.87 bits per heavy atom. The maximum atomic E-state index is 12.9. The standard InChI is InChI=1S/C17H29N3O3/c1-12(2)8-15-16(21)18(6-7-23-3)10-14-11-19(9-13-4-5-13)17(22)20(14)15/h12-15H,4-11H2,1-3H3/t14-,15-/m0/s1. The highest BCUT2D eigenvalue weighted by Crippen LogP contribution is 2.34. The molecule has 0 unspecified atom stereocenters. The fourth-order valence-electron chi connectivity index (χ4n) is 3.78. The van der Waals surface area contributed by atoms with Crippen molar-refractivity contribution in [1.29, 1.82) is 0 Å². The monoisotopic (exact) mass is 323 g/mol. The Bertz CT molecular complexity index is 464. The van der Waals surface area contributed by atoms with Crippen molar-refractivity contribution in [2.45, 2.75) is 45.2 Å². The van der Waals surface area contributed by atoms with E-state index in [1.54, 1.807) is 7.11 Å². The van der Waals surface area contributed by atoms with E-state index in [-0.39, 0.29) is 24.0 Å². The summed E-state index contributed by atoms with van der Waals surface area (Å²) in [6.07, 6.45) is 3.22. The lowest BCUT2D eigenvalue weighted by Crippen LogP contribution is -2.61. The molecule has 0 radical (unpaired) electrons. The number of piperazine rings is 1. The highest BCUT2D eigenvalue weighted by atomic mass is 16.5. The highest BCUT2D eigenvalue weighted by Gasteiger charge is 2.49. The lowest BCUT2D eigenvalue weighted by atomic mass is 9.97. The van der Waals surface area contributed by atoms with E-state index in [2.05, 4.69) is 13.8 Å². The zero-order valence-electron chi connectivity index (χ0n) is 14.5. The quantitative estimate of drug-likeness (QED) is 0.712. The summed E-state index contributed by atoms with van der Waals surface area (Å²) in [5, 5.41) is 0. The Hall–Kier alpha value is -1.30. The molecule has 3 fully saturated rings. The number of urea groups is 1. The first-order valence-corrected chi connectivity index (χ1v) is 8.86. The third kappa shape index (κ3) is 3.47. The number of nitrogens with zero attached hydrogens (tertiary/aromatic N) is 3. The predicted octanol–water partition coefficient (Wildman–Crippen LogP) is 1.41. The number of carbonyl (C=O) groups excluding carboxylic acids is 2. The maximum Gasteiger partial charge on any atom is 0.321 e. The van der Waals surface area contributed by atoms with Crippen LogP contribution in [-0.4, -0.2) is 78.6 Å². The number of rotatable bonds is 7. The van der Waals surface area contributed by atoms with Gasteiger partial charge in [-0.25, -0.2) is 4.79 Å². The predicted molar refractivity (Wildman–Crippen MR) is 87.0 cm³/mol. The first-order chi connectivity index (χ1) is 11.0. The van der Waals surface area contributed by atoms with Gasteiger partial charge in [-0.1, -0.05) is 13.8 Å². The molecule has 1 saturated carbocycles. The third-order valence-corrected chi connectivity index (χ3v) is 5.12. The topological polar surface area (TPSA) is 53.1 Å². The molecule has 2 saturated heterocycles. The first-order valence-electron chi connectivity index (χ1n) is 8.86. The molecule has 2 atom stereocenters. The molecule has 2 heterocycles. The van der Waals surface area contributed by atoms with Crippen LogP contribution >= 0.6 is 0 Å². The van der Waals surface area contributed by atoms with Gasteiger partial charge in [-0.2, -0.15) is 0 Å². The Labute approximate surface area is 138 Å². The first kappa shape index (κ1) is 16.6. The second-order valence-corrected chi connectivity index (χ2v) is 7.61. The van der Waals surface area contributed by atoms with Crippen LogP contribution in [0.2, 0.25) is 0 Å². The molecule has 3 rings (SSSR count). The number of carbonyl (C=O) groups is 2. The molecular weight excluding hydrogens is 294 g/mol. The van der Waals surface area contributed by atoms with Crippen LogP contribution in [0.3, 0.4) is 0 Å². The number of hydrogen-bond acceptors (Lipinski definition) is 3. The van der Waals surface area contributed by atoms with Gasteiger partial charge in [0.25, 0.3) is 0 Å². The molecule has 0 bridgehead atoms. The van der Waals surface area contributed by atoms with Crippen LogP contribution in [0.25, 0.3) is 0 Å². The number of ether oxygens (including phenoxy) is 1. The molecule has 1 aliphatic carbocycles. The van der Waals surface area contributed by atoms with Crippen LogP contribution < -0.4 is 0 Å². The average Bonchev–Trinajstić information content (AvgIpc) is 3.25. The highest BCUT2D eigenvalue weighted by molar-refractivity contribution is 5.90. The summed E-state index contributed by atoms with van der Waals surface area (Å²) in [5.41, 5.74) is 0. The molecule has 6 nitrogen and oxygen atoms in total. The summed E-state index contributed by atoms with van der Waals surface area (Å²) in [7, 11) is 1.66. The van der Waals surface area contributed by atoms with Gasteiger partial charge < -0.3 is 19.4 Å². The van der Waals surface area contributed by atoms with E-state index in [1.807, 2.05) is 14.7 Å². The van der Waals surface area contributed by atoms with Gasteiger partial charge in [0.15, 0.2) is 0 Å². The van der Waals surface area contributed by atoms with Gasteiger partial charge in [-0.15, -0.1) is 0 Å². The van der Waals surface area contributed by atoms with Crippen molar-refractivity contribution in [3.05, 3.63) is 0 Å². The molecule has 23 heavy (non-hydrogen) atoms. The van der Waals surface area contributed by atoms with Crippen LogP contribution in [-0.2, 0) is 9.53 Å². The van der Waals surface area contributed by atoms with E-state index < -0.39 is 0 Å². The van der Waals surface area contributed by atoms with Gasteiger partial charge in [0, 0.05) is 33.3 Å². The molecule has 0 aromatic heterocycles. The van der Waals surface area contributed by atoms with Crippen LogP contribution in [0.5, 0.6) is 0 Å². The van der Waals surface area contributed by atoms with Crippen molar-refractivity contribution < 1.29 is 14.3 Å². The molecule has 0 aromatic rings. The van der Waals surface area contributed by atoms with Crippen molar-refractivity contribution in [2.24, 2.45) is 11.8 Å². The van der Waals surface area contributed by atoms with Crippen molar-refractivity contribution in [3.8, 4) is 0 Å². The van der Waals surface area contributed by atoms with Crippen LogP contribution in [0, 0.1) is 11.8 Å². The summed E-state index contributed by atoms with van der Waals surface area (Å²) in [6.45, 7) is 7.66. The molecule has 0 N–H and O–H groups in total. The molecule has 0 spiro atoms. The summed E-state index contributed by atoms with van der Waals surface area (Å²) in [5.74, 6) is 1.16. The van der Waals surface area contributed by atoms with Gasteiger partial charge in [-0.3, -0.25) is 4.79 Å². The minimum absolute atomic E-state index is 0.0762. The van der Waals surface area contributed by atoms with Crippen molar-refractivity contribution in [2.75, 3.05) is 39.9 Å². The Morgan fingerprint density at radius 3 is 2.48 bits per heavy atom.